The molecule has 0 heterocycles. The normalized spacial score (nSPS) is 11.4. The number of ether oxygens (including phenoxy) is 1. The summed E-state index contributed by atoms with van der Waals surface area (Å²) in [6.45, 7) is 0.0836. The molecule has 3 aromatic rings. The summed E-state index contributed by atoms with van der Waals surface area (Å²) in [7, 11) is -4.63. The highest BCUT2D eigenvalue weighted by molar-refractivity contribution is 7.91. The summed E-state index contributed by atoms with van der Waals surface area (Å²) in [4.78, 5) is 11.9. The maximum atomic E-state index is 13.0. The minimum Gasteiger partial charge on any atom is -0.489 e. The van der Waals surface area contributed by atoms with Crippen molar-refractivity contribution in [1.29, 1.82) is 0 Å². The van der Waals surface area contributed by atoms with Crippen molar-refractivity contribution in [1.82, 2.24) is 0 Å². The van der Waals surface area contributed by atoms with Gasteiger partial charge in [0.2, 0.25) is 9.84 Å². The SMILES string of the molecule is O=C(c1ccc(F)cc1)c1ccc(OCc2ccc(S(=O)(=O)C(F)F)cc2)cc1. The largest absolute Gasteiger partial charge is 0.489 e. The molecule has 0 spiro atoms. The minimum absolute atomic E-state index is 0.0836. The second kappa shape index (κ2) is 8.48. The lowest BCUT2D eigenvalue weighted by atomic mass is 10.0. The third kappa shape index (κ3) is 4.83. The third-order valence-corrected chi connectivity index (χ3v) is 5.51. The molecule has 0 saturated carbocycles. The highest BCUT2D eigenvalue weighted by atomic mass is 32.2. The van der Waals surface area contributed by atoms with E-state index in [1.807, 2.05) is 0 Å². The van der Waals surface area contributed by atoms with Gasteiger partial charge in [-0.1, -0.05) is 12.1 Å². The molecule has 0 unspecified atom stereocenters. The average Bonchev–Trinajstić information content (AvgIpc) is 2.73. The van der Waals surface area contributed by atoms with Gasteiger partial charge in [-0.05, 0) is 66.2 Å². The second-order valence-electron chi connectivity index (χ2n) is 6.10. The van der Waals surface area contributed by atoms with E-state index in [2.05, 4.69) is 0 Å². The first-order valence-corrected chi connectivity index (χ1v) is 9.96. The number of hydrogen-bond donors (Lipinski definition) is 0. The van der Waals surface area contributed by atoms with Gasteiger partial charge in [0.25, 0.3) is 0 Å². The van der Waals surface area contributed by atoms with Crippen molar-refractivity contribution in [3.8, 4) is 5.75 Å². The molecule has 0 amide bonds. The van der Waals surface area contributed by atoms with E-state index in [0.717, 1.165) is 12.1 Å². The number of carbonyl (C=O) groups is 1. The minimum atomic E-state index is -4.63. The summed E-state index contributed by atoms with van der Waals surface area (Å²) in [6, 6.07) is 16.5. The Balaban J connectivity index is 1.63. The van der Waals surface area contributed by atoms with Crippen LogP contribution in [0.5, 0.6) is 5.75 Å². The van der Waals surface area contributed by atoms with E-state index in [9.17, 15) is 26.4 Å². The number of ketones is 1. The lowest BCUT2D eigenvalue weighted by Crippen LogP contribution is -2.11. The third-order valence-electron chi connectivity index (χ3n) is 4.11. The molecule has 29 heavy (non-hydrogen) atoms. The summed E-state index contributed by atoms with van der Waals surface area (Å²) >= 11 is 0. The van der Waals surface area contributed by atoms with Crippen LogP contribution < -0.4 is 4.74 Å². The molecular formula is C21H15F3O4S. The molecule has 0 atom stereocenters. The molecule has 0 radical (unpaired) electrons. The van der Waals surface area contributed by atoms with Crippen LogP contribution in [0.15, 0.2) is 77.7 Å². The summed E-state index contributed by atoms with van der Waals surface area (Å²) in [5.41, 5.74) is 1.36. The molecule has 0 bridgehead atoms. The standard InChI is InChI=1S/C21H15F3O4S/c22-17-7-3-15(4-8-17)20(25)16-5-9-18(10-6-16)28-13-14-1-11-19(12-2-14)29(26,27)21(23)24/h1-12,21H,13H2. The predicted octanol–water partition coefficient (Wildman–Crippen LogP) is 4.63. The van der Waals surface area contributed by atoms with E-state index in [1.165, 1.54) is 36.4 Å². The van der Waals surface area contributed by atoms with Crippen molar-refractivity contribution in [2.45, 2.75) is 17.3 Å². The number of halogens is 3. The fourth-order valence-electron chi connectivity index (χ4n) is 2.52. The number of alkyl halides is 2. The number of rotatable bonds is 7. The van der Waals surface area contributed by atoms with E-state index in [4.69, 9.17) is 4.74 Å². The zero-order valence-corrected chi connectivity index (χ0v) is 15.7. The Labute approximate surface area is 165 Å². The van der Waals surface area contributed by atoms with Crippen LogP contribution >= 0.6 is 0 Å². The first-order chi connectivity index (χ1) is 13.8. The van der Waals surface area contributed by atoms with Crippen molar-refractivity contribution >= 4 is 15.6 Å². The van der Waals surface area contributed by atoms with Gasteiger partial charge in [-0.15, -0.1) is 0 Å². The molecule has 3 aromatic carbocycles. The highest BCUT2D eigenvalue weighted by Gasteiger charge is 2.26. The van der Waals surface area contributed by atoms with Crippen molar-refractivity contribution in [3.05, 3.63) is 95.3 Å². The molecule has 150 valence electrons. The maximum Gasteiger partial charge on any atom is 0.341 e. The first-order valence-electron chi connectivity index (χ1n) is 8.41. The zero-order chi connectivity index (χ0) is 21.0. The molecule has 0 N–H and O–H groups in total. The fraction of sp³-hybridized carbons (Fsp3) is 0.0952. The van der Waals surface area contributed by atoms with Crippen molar-refractivity contribution in [2.75, 3.05) is 0 Å². The van der Waals surface area contributed by atoms with Crippen molar-refractivity contribution < 1.29 is 31.1 Å². The summed E-state index contributed by atoms with van der Waals surface area (Å²) in [6.07, 6.45) is 0. The molecule has 3 rings (SSSR count). The smallest absolute Gasteiger partial charge is 0.341 e. The Bertz CT molecular complexity index is 1090. The van der Waals surface area contributed by atoms with E-state index >= 15 is 0 Å². The summed E-state index contributed by atoms with van der Waals surface area (Å²) < 4.78 is 66.4. The molecule has 0 saturated heterocycles. The van der Waals surface area contributed by atoms with Gasteiger partial charge in [0.05, 0.1) is 4.90 Å². The fourth-order valence-corrected chi connectivity index (χ4v) is 3.24. The highest BCUT2D eigenvalue weighted by Crippen LogP contribution is 2.20. The van der Waals surface area contributed by atoms with Crippen molar-refractivity contribution in [2.24, 2.45) is 0 Å². The van der Waals surface area contributed by atoms with Gasteiger partial charge in [0, 0.05) is 11.1 Å². The Morgan fingerprint density at radius 2 is 1.34 bits per heavy atom. The van der Waals surface area contributed by atoms with Gasteiger partial charge in [0.15, 0.2) is 5.78 Å². The Morgan fingerprint density at radius 3 is 1.86 bits per heavy atom. The van der Waals surface area contributed by atoms with Crippen LogP contribution in [0.3, 0.4) is 0 Å². The molecule has 4 nitrogen and oxygen atoms in total. The molecular weight excluding hydrogens is 405 g/mol. The number of benzene rings is 3. The van der Waals surface area contributed by atoms with Crippen LogP contribution in [0, 0.1) is 5.82 Å². The van der Waals surface area contributed by atoms with Crippen LogP contribution in [0.25, 0.3) is 0 Å². The van der Waals surface area contributed by atoms with E-state index < -0.39 is 26.3 Å². The Morgan fingerprint density at radius 1 is 0.828 bits per heavy atom. The van der Waals surface area contributed by atoms with Crippen LogP contribution in [0.2, 0.25) is 0 Å². The number of hydrogen-bond acceptors (Lipinski definition) is 4. The van der Waals surface area contributed by atoms with E-state index in [1.54, 1.807) is 24.3 Å². The van der Waals surface area contributed by atoms with Crippen LogP contribution in [-0.4, -0.2) is 20.0 Å². The molecule has 0 aliphatic carbocycles. The van der Waals surface area contributed by atoms with Gasteiger partial charge in [0.1, 0.15) is 18.2 Å². The second-order valence-corrected chi connectivity index (χ2v) is 8.02. The van der Waals surface area contributed by atoms with Gasteiger partial charge in [-0.3, -0.25) is 4.79 Å². The molecule has 8 heteroatoms. The molecule has 0 aliphatic rings. The van der Waals surface area contributed by atoms with Crippen LogP contribution in [0.1, 0.15) is 21.5 Å². The van der Waals surface area contributed by atoms with Gasteiger partial charge in [-0.25, -0.2) is 12.8 Å². The lowest BCUT2D eigenvalue weighted by molar-refractivity contribution is 0.103. The van der Waals surface area contributed by atoms with E-state index in [-0.39, 0.29) is 12.4 Å². The van der Waals surface area contributed by atoms with Gasteiger partial charge in [-0.2, -0.15) is 8.78 Å². The zero-order valence-electron chi connectivity index (χ0n) is 14.9. The number of carbonyl (C=O) groups excluding carboxylic acids is 1. The Hall–Kier alpha value is -3.13. The maximum absolute atomic E-state index is 13.0. The monoisotopic (exact) mass is 420 g/mol. The van der Waals surface area contributed by atoms with Crippen molar-refractivity contribution in [3.63, 3.8) is 0 Å². The quantitative estimate of drug-likeness (QED) is 0.523. The summed E-state index contributed by atoms with van der Waals surface area (Å²) in [5.74, 6) is -3.69. The van der Waals surface area contributed by atoms with Gasteiger partial charge < -0.3 is 4.74 Å². The number of sulfone groups is 1. The average molecular weight is 420 g/mol. The molecule has 0 aromatic heterocycles. The van der Waals surface area contributed by atoms with Gasteiger partial charge >= 0.3 is 5.76 Å². The topological polar surface area (TPSA) is 60.4 Å². The first kappa shape index (κ1) is 20.6. The Kier molecular flexibility index (Phi) is 6.03. The van der Waals surface area contributed by atoms with Crippen LogP contribution in [-0.2, 0) is 16.4 Å². The molecule has 0 aliphatic heterocycles. The lowest BCUT2D eigenvalue weighted by Gasteiger charge is -2.08. The van der Waals surface area contributed by atoms with Crippen LogP contribution in [0.4, 0.5) is 13.2 Å². The molecule has 0 fully saturated rings. The summed E-state index contributed by atoms with van der Waals surface area (Å²) in [5, 5.41) is 0. The predicted molar refractivity (Wildman–Crippen MR) is 100 cm³/mol. The van der Waals surface area contributed by atoms with E-state index in [0.29, 0.717) is 22.4 Å².